The van der Waals surface area contributed by atoms with Crippen LogP contribution in [0, 0.1) is 13.8 Å². The number of rotatable bonds is 4. The van der Waals surface area contributed by atoms with Gasteiger partial charge in [0.25, 0.3) is 5.91 Å². The highest BCUT2D eigenvalue weighted by Gasteiger charge is 2.26. The number of carbonyl (C=O) groups excluding carboxylic acids is 1. The van der Waals surface area contributed by atoms with Crippen molar-refractivity contribution in [2.75, 3.05) is 19.7 Å². The van der Waals surface area contributed by atoms with Crippen molar-refractivity contribution in [1.82, 2.24) is 14.7 Å². The molecule has 1 amide bonds. The predicted molar refractivity (Wildman–Crippen MR) is 108 cm³/mol. The second-order valence-electron chi connectivity index (χ2n) is 7.30. The average molecular weight is 375 g/mol. The van der Waals surface area contributed by atoms with Crippen LogP contribution < -0.4 is 0 Å². The Morgan fingerprint density at radius 3 is 2.54 bits per heavy atom. The van der Waals surface area contributed by atoms with Crippen LogP contribution in [-0.4, -0.2) is 40.3 Å². The fourth-order valence-electron chi connectivity index (χ4n) is 3.65. The van der Waals surface area contributed by atoms with Gasteiger partial charge in [0, 0.05) is 17.8 Å². The van der Waals surface area contributed by atoms with Crippen molar-refractivity contribution in [3.63, 3.8) is 0 Å². The van der Waals surface area contributed by atoms with Crippen molar-refractivity contribution in [1.29, 1.82) is 0 Å². The van der Waals surface area contributed by atoms with Crippen LogP contribution >= 0.6 is 0 Å². The molecule has 1 saturated heterocycles. The Labute approximate surface area is 165 Å². The number of benzene rings is 2. The van der Waals surface area contributed by atoms with Gasteiger partial charge in [-0.05, 0) is 43.2 Å². The maximum atomic E-state index is 13.0. The normalized spacial score (nSPS) is 16.9. The number of hydrogen-bond donors (Lipinski definition) is 0. The Morgan fingerprint density at radius 1 is 1.11 bits per heavy atom. The lowest BCUT2D eigenvalue weighted by Gasteiger charge is -2.33. The van der Waals surface area contributed by atoms with E-state index in [1.165, 1.54) is 0 Å². The van der Waals surface area contributed by atoms with E-state index in [2.05, 4.69) is 18.1 Å². The van der Waals surface area contributed by atoms with E-state index >= 15 is 0 Å². The SMILES string of the molecule is Cc1cc(C)n(Cc2ccc(C(=O)N3CCO[C@@H](c4ccccc4)C3)cc2)n1. The van der Waals surface area contributed by atoms with Gasteiger partial charge in [0.15, 0.2) is 0 Å². The maximum Gasteiger partial charge on any atom is 0.254 e. The molecule has 5 nitrogen and oxygen atoms in total. The zero-order chi connectivity index (χ0) is 19.5. The molecule has 3 aromatic rings. The van der Waals surface area contributed by atoms with E-state index in [0.717, 1.165) is 22.5 Å². The van der Waals surface area contributed by atoms with Crippen LogP contribution in [0.15, 0.2) is 60.7 Å². The van der Waals surface area contributed by atoms with Crippen LogP contribution in [0.3, 0.4) is 0 Å². The third kappa shape index (κ3) is 3.99. The molecule has 1 fully saturated rings. The summed E-state index contributed by atoms with van der Waals surface area (Å²) in [5, 5.41) is 4.50. The quantitative estimate of drug-likeness (QED) is 0.698. The minimum absolute atomic E-state index is 0.0573. The van der Waals surface area contributed by atoms with Crippen molar-refractivity contribution in [3.05, 3.63) is 88.7 Å². The molecule has 4 rings (SSSR count). The van der Waals surface area contributed by atoms with E-state index in [9.17, 15) is 4.79 Å². The molecule has 0 aliphatic carbocycles. The molecule has 0 unspecified atom stereocenters. The smallest absolute Gasteiger partial charge is 0.254 e. The second kappa shape index (κ2) is 7.98. The first kappa shape index (κ1) is 18.4. The summed E-state index contributed by atoms with van der Waals surface area (Å²) in [4.78, 5) is 14.8. The van der Waals surface area contributed by atoms with Gasteiger partial charge in [-0.25, -0.2) is 0 Å². The molecule has 1 aliphatic heterocycles. The van der Waals surface area contributed by atoms with Gasteiger partial charge in [0.1, 0.15) is 6.10 Å². The highest BCUT2D eigenvalue weighted by atomic mass is 16.5. The average Bonchev–Trinajstić information content (AvgIpc) is 3.05. The van der Waals surface area contributed by atoms with Crippen LogP contribution in [0.1, 0.15) is 39.0 Å². The first-order chi connectivity index (χ1) is 13.6. The van der Waals surface area contributed by atoms with Crippen molar-refractivity contribution in [2.24, 2.45) is 0 Å². The van der Waals surface area contributed by atoms with E-state index < -0.39 is 0 Å². The fourth-order valence-corrected chi connectivity index (χ4v) is 3.65. The first-order valence-electron chi connectivity index (χ1n) is 9.66. The third-order valence-electron chi connectivity index (χ3n) is 5.16. The molecule has 0 radical (unpaired) electrons. The molecular formula is C23H25N3O2. The van der Waals surface area contributed by atoms with Crippen LogP contribution in [-0.2, 0) is 11.3 Å². The molecular weight excluding hydrogens is 350 g/mol. The van der Waals surface area contributed by atoms with Crippen molar-refractivity contribution in [2.45, 2.75) is 26.5 Å². The van der Waals surface area contributed by atoms with Gasteiger partial charge in [0.2, 0.25) is 0 Å². The summed E-state index contributed by atoms with van der Waals surface area (Å²) in [6.45, 7) is 6.52. The zero-order valence-electron chi connectivity index (χ0n) is 16.3. The summed E-state index contributed by atoms with van der Waals surface area (Å²) in [6.07, 6.45) is -0.0656. The Balaban J connectivity index is 1.43. The Kier molecular flexibility index (Phi) is 5.26. The molecule has 5 heteroatoms. The number of nitrogens with zero attached hydrogens (tertiary/aromatic N) is 3. The monoisotopic (exact) mass is 375 g/mol. The summed E-state index contributed by atoms with van der Waals surface area (Å²) < 4.78 is 7.86. The minimum atomic E-state index is -0.0656. The standard InChI is InChI=1S/C23H25N3O2/c1-17-14-18(2)26(24-17)15-19-8-10-21(11-9-19)23(27)25-12-13-28-22(16-25)20-6-4-3-5-7-20/h3-11,14,22H,12-13,15-16H2,1-2H3/t22-/m1/s1. The zero-order valence-corrected chi connectivity index (χ0v) is 16.3. The topological polar surface area (TPSA) is 47.4 Å². The second-order valence-corrected chi connectivity index (χ2v) is 7.30. The number of ether oxygens (including phenoxy) is 1. The van der Waals surface area contributed by atoms with E-state index in [1.54, 1.807) is 0 Å². The Hall–Kier alpha value is -2.92. The van der Waals surface area contributed by atoms with Crippen LogP contribution in [0.5, 0.6) is 0 Å². The van der Waals surface area contributed by atoms with Crippen molar-refractivity contribution < 1.29 is 9.53 Å². The predicted octanol–water partition coefficient (Wildman–Crippen LogP) is 3.76. The Morgan fingerprint density at radius 2 is 1.86 bits per heavy atom. The van der Waals surface area contributed by atoms with Crippen molar-refractivity contribution in [3.8, 4) is 0 Å². The lowest BCUT2D eigenvalue weighted by atomic mass is 10.1. The largest absolute Gasteiger partial charge is 0.370 e. The number of hydrogen-bond acceptors (Lipinski definition) is 3. The number of morpholine rings is 1. The van der Waals surface area contributed by atoms with Gasteiger partial charge < -0.3 is 9.64 Å². The van der Waals surface area contributed by atoms with Gasteiger partial charge in [-0.2, -0.15) is 5.10 Å². The summed E-state index contributed by atoms with van der Waals surface area (Å²) in [5.74, 6) is 0.0573. The highest BCUT2D eigenvalue weighted by molar-refractivity contribution is 5.94. The van der Waals surface area contributed by atoms with Gasteiger partial charge in [0.05, 0.1) is 25.4 Å². The Bertz CT molecular complexity index is 948. The molecule has 2 aromatic carbocycles. The van der Waals surface area contributed by atoms with Crippen LogP contribution in [0.25, 0.3) is 0 Å². The molecule has 1 aromatic heterocycles. The number of amides is 1. The molecule has 0 saturated carbocycles. The third-order valence-corrected chi connectivity index (χ3v) is 5.16. The lowest BCUT2D eigenvalue weighted by molar-refractivity contribution is -0.0228. The van der Waals surface area contributed by atoms with Crippen molar-refractivity contribution >= 4 is 5.91 Å². The molecule has 1 atom stereocenters. The highest BCUT2D eigenvalue weighted by Crippen LogP contribution is 2.23. The summed E-state index contributed by atoms with van der Waals surface area (Å²) in [6, 6.07) is 20.0. The van der Waals surface area contributed by atoms with E-state index in [1.807, 2.05) is 71.1 Å². The lowest BCUT2D eigenvalue weighted by Crippen LogP contribution is -2.42. The first-order valence-corrected chi connectivity index (χ1v) is 9.66. The summed E-state index contributed by atoms with van der Waals surface area (Å²) in [7, 11) is 0. The molecule has 1 aliphatic rings. The van der Waals surface area contributed by atoms with Gasteiger partial charge in [-0.15, -0.1) is 0 Å². The minimum Gasteiger partial charge on any atom is -0.370 e. The van der Waals surface area contributed by atoms with Gasteiger partial charge >= 0.3 is 0 Å². The molecule has 2 heterocycles. The molecule has 28 heavy (non-hydrogen) atoms. The fraction of sp³-hybridized carbons (Fsp3) is 0.304. The van der Waals surface area contributed by atoms with E-state index in [-0.39, 0.29) is 12.0 Å². The van der Waals surface area contributed by atoms with E-state index in [4.69, 9.17) is 4.74 Å². The number of aryl methyl sites for hydroxylation is 2. The summed E-state index contributed by atoms with van der Waals surface area (Å²) >= 11 is 0. The number of carbonyl (C=O) groups is 1. The van der Waals surface area contributed by atoms with Crippen LogP contribution in [0.2, 0.25) is 0 Å². The molecule has 0 bridgehead atoms. The molecule has 144 valence electrons. The molecule has 0 spiro atoms. The van der Waals surface area contributed by atoms with E-state index in [0.29, 0.717) is 31.8 Å². The van der Waals surface area contributed by atoms with Gasteiger partial charge in [-0.3, -0.25) is 9.48 Å². The maximum absolute atomic E-state index is 13.0. The number of aromatic nitrogens is 2. The van der Waals surface area contributed by atoms with Gasteiger partial charge in [-0.1, -0.05) is 42.5 Å². The van der Waals surface area contributed by atoms with Crippen LogP contribution in [0.4, 0.5) is 0 Å². The summed E-state index contributed by atoms with van der Waals surface area (Å²) in [5.41, 5.74) is 5.11. The molecule has 0 N–H and O–H groups in total.